The number of carbonyl (C=O) groups excluding carboxylic acids is 1. The van der Waals surface area contributed by atoms with Gasteiger partial charge in [-0.25, -0.2) is 4.98 Å². The quantitative estimate of drug-likeness (QED) is 0.791. The van der Waals surface area contributed by atoms with Crippen molar-refractivity contribution in [3.63, 3.8) is 0 Å². The minimum Gasteiger partial charge on any atom is -0.356 e. The van der Waals surface area contributed by atoms with Gasteiger partial charge in [0, 0.05) is 32.9 Å². The summed E-state index contributed by atoms with van der Waals surface area (Å²) in [5.74, 6) is 1.22. The fourth-order valence-corrected chi connectivity index (χ4v) is 3.38. The summed E-state index contributed by atoms with van der Waals surface area (Å²) in [4.78, 5) is 20.9. The monoisotopic (exact) mass is 279 g/mol. The van der Waals surface area contributed by atoms with E-state index in [1.54, 1.807) is 6.20 Å². The molecule has 1 aromatic rings. The maximum absolute atomic E-state index is 12.4. The fourth-order valence-electron chi connectivity index (χ4n) is 3.27. The lowest BCUT2D eigenvalue weighted by Gasteiger charge is -2.37. The Kier molecular flexibility index (Phi) is 3.13. The normalized spacial score (nSPS) is 27.4. The summed E-state index contributed by atoms with van der Waals surface area (Å²) in [5.41, 5.74) is -0.186. The van der Waals surface area contributed by atoms with E-state index in [1.165, 1.54) is 0 Å². The topological polar surface area (TPSA) is 36.4 Å². The number of amides is 1. The Morgan fingerprint density at radius 3 is 2.89 bits per heavy atom. The van der Waals surface area contributed by atoms with E-state index < -0.39 is 0 Å². The van der Waals surface area contributed by atoms with Crippen molar-refractivity contribution >= 4 is 23.3 Å². The van der Waals surface area contributed by atoms with E-state index in [-0.39, 0.29) is 5.41 Å². The van der Waals surface area contributed by atoms with Crippen molar-refractivity contribution in [2.75, 3.05) is 31.6 Å². The molecule has 0 bridgehead atoms. The number of aromatic nitrogens is 1. The van der Waals surface area contributed by atoms with Gasteiger partial charge >= 0.3 is 0 Å². The lowest BCUT2D eigenvalue weighted by Crippen LogP contribution is -2.48. The third kappa shape index (κ3) is 2.18. The van der Waals surface area contributed by atoms with Crippen molar-refractivity contribution in [3.05, 3.63) is 23.4 Å². The summed E-state index contributed by atoms with van der Waals surface area (Å²) >= 11 is 5.86. The van der Waals surface area contributed by atoms with Crippen LogP contribution in [-0.2, 0) is 4.79 Å². The highest BCUT2D eigenvalue weighted by Gasteiger charge is 2.47. The largest absolute Gasteiger partial charge is 0.356 e. The van der Waals surface area contributed by atoms with Crippen molar-refractivity contribution in [2.24, 2.45) is 5.41 Å². The summed E-state index contributed by atoms with van der Waals surface area (Å²) in [6.45, 7) is 2.57. The summed E-state index contributed by atoms with van der Waals surface area (Å²) in [5, 5.41) is 0.645. The van der Waals surface area contributed by atoms with Crippen LogP contribution in [0.2, 0.25) is 5.02 Å². The lowest BCUT2D eigenvalue weighted by molar-refractivity contribution is -0.143. The second kappa shape index (κ2) is 4.67. The number of piperidine rings is 1. The second-order valence-electron chi connectivity index (χ2n) is 5.62. The van der Waals surface area contributed by atoms with Gasteiger partial charge in [-0.2, -0.15) is 0 Å². The van der Waals surface area contributed by atoms with Crippen LogP contribution < -0.4 is 4.90 Å². The van der Waals surface area contributed by atoms with Gasteiger partial charge in [-0.1, -0.05) is 11.6 Å². The van der Waals surface area contributed by atoms with Crippen LogP contribution in [0.5, 0.6) is 0 Å². The van der Waals surface area contributed by atoms with Gasteiger partial charge < -0.3 is 9.80 Å². The first-order chi connectivity index (χ1) is 9.11. The van der Waals surface area contributed by atoms with E-state index in [0.29, 0.717) is 10.9 Å². The fraction of sp³-hybridized carbons (Fsp3) is 0.571. The van der Waals surface area contributed by atoms with E-state index in [2.05, 4.69) is 9.88 Å². The molecule has 0 radical (unpaired) electrons. The Morgan fingerprint density at radius 2 is 2.16 bits per heavy atom. The summed E-state index contributed by atoms with van der Waals surface area (Å²) in [6.07, 6.45) is 4.70. The van der Waals surface area contributed by atoms with Gasteiger partial charge in [0.25, 0.3) is 0 Å². The summed E-state index contributed by atoms with van der Waals surface area (Å²) in [7, 11) is 1.91. The van der Waals surface area contributed by atoms with Crippen LogP contribution in [0.15, 0.2) is 18.3 Å². The van der Waals surface area contributed by atoms with E-state index in [1.807, 2.05) is 24.1 Å². The molecule has 3 heterocycles. The molecule has 1 spiro atoms. The maximum Gasteiger partial charge on any atom is 0.230 e. The molecule has 3 rings (SSSR count). The van der Waals surface area contributed by atoms with Crippen molar-refractivity contribution < 1.29 is 4.79 Å². The van der Waals surface area contributed by atoms with Crippen molar-refractivity contribution in [2.45, 2.75) is 19.3 Å². The molecule has 0 unspecified atom stereocenters. The number of hydrogen-bond acceptors (Lipinski definition) is 3. The van der Waals surface area contributed by atoms with Crippen molar-refractivity contribution in [1.82, 2.24) is 9.88 Å². The number of pyridine rings is 1. The highest BCUT2D eigenvalue weighted by Crippen LogP contribution is 2.40. The van der Waals surface area contributed by atoms with Gasteiger partial charge in [0.1, 0.15) is 5.82 Å². The Morgan fingerprint density at radius 1 is 1.32 bits per heavy atom. The van der Waals surface area contributed by atoms with Crippen molar-refractivity contribution in [1.29, 1.82) is 0 Å². The van der Waals surface area contributed by atoms with Crippen LogP contribution in [0.4, 0.5) is 5.82 Å². The molecule has 2 aliphatic rings. The number of hydrogen-bond donors (Lipinski definition) is 0. The Hall–Kier alpha value is -1.29. The Balaban J connectivity index is 1.79. The first-order valence-electron chi connectivity index (χ1n) is 6.73. The molecule has 5 heteroatoms. The van der Waals surface area contributed by atoms with Crippen LogP contribution >= 0.6 is 11.6 Å². The molecule has 1 atom stereocenters. The zero-order valence-electron chi connectivity index (χ0n) is 11.1. The number of rotatable bonds is 1. The van der Waals surface area contributed by atoms with Crippen molar-refractivity contribution in [3.8, 4) is 0 Å². The van der Waals surface area contributed by atoms with Crippen LogP contribution in [0.3, 0.4) is 0 Å². The molecule has 102 valence electrons. The van der Waals surface area contributed by atoms with Gasteiger partial charge in [-0.3, -0.25) is 4.79 Å². The second-order valence-corrected chi connectivity index (χ2v) is 6.05. The smallest absolute Gasteiger partial charge is 0.230 e. The van der Waals surface area contributed by atoms with E-state index in [9.17, 15) is 4.79 Å². The third-order valence-electron chi connectivity index (χ3n) is 4.34. The van der Waals surface area contributed by atoms with E-state index >= 15 is 0 Å². The molecule has 0 aliphatic carbocycles. The Bertz CT molecular complexity index is 490. The average Bonchev–Trinajstić information content (AvgIpc) is 2.82. The lowest BCUT2D eigenvalue weighted by atomic mass is 9.78. The number of nitrogens with zero attached hydrogens (tertiary/aromatic N) is 3. The Labute approximate surface area is 118 Å². The van der Waals surface area contributed by atoms with Gasteiger partial charge in [0.05, 0.1) is 10.4 Å². The number of likely N-dealkylation sites (tertiary alicyclic amines) is 1. The van der Waals surface area contributed by atoms with Crippen LogP contribution in [-0.4, -0.2) is 42.5 Å². The maximum atomic E-state index is 12.4. The van der Waals surface area contributed by atoms with Crippen LogP contribution in [0.25, 0.3) is 0 Å². The number of anilines is 1. The van der Waals surface area contributed by atoms with Crippen LogP contribution in [0, 0.1) is 5.41 Å². The molecule has 0 N–H and O–H groups in total. The molecule has 0 aromatic carbocycles. The number of halogens is 1. The molecule has 0 saturated carbocycles. The standard InChI is InChI=1S/C14H18ClN3O/c1-17-7-2-5-14(13(17)19)6-8-18(10-14)12-4-3-11(15)9-16-12/h3-4,9H,2,5-8,10H2,1H3/t14-/m1/s1. The third-order valence-corrected chi connectivity index (χ3v) is 4.56. The zero-order chi connectivity index (χ0) is 13.5. The van der Waals surface area contributed by atoms with Gasteiger partial charge in [-0.15, -0.1) is 0 Å². The number of carbonyl (C=O) groups is 1. The SMILES string of the molecule is CN1CCC[C@]2(CCN(c3ccc(Cl)cn3)C2)C1=O. The molecular formula is C14H18ClN3O. The zero-order valence-corrected chi connectivity index (χ0v) is 11.9. The van der Waals surface area contributed by atoms with Crippen LogP contribution in [0.1, 0.15) is 19.3 Å². The first-order valence-corrected chi connectivity index (χ1v) is 7.11. The summed E-state index contributed by atoms with van der Waals surface area (Å²) < 4.78 is 0. The molecular weight excluding hydrogens is 262 g/mol. The molecule has 2 aliphatic heterocycles. The summed E-state index contributed by atoms with van der Waals surface area (Å²) in [6, 6.07) is 3.78. The minimum absolute atomic E-state index is 0.186. The van der Waals surface area contributed by atoms with Gasteiger partial charge in [0.2, 0.25) is 5.91 Å². The molecule has 2 saturated heterocycles. The highest BCUT2D eigenvalue weighted by molar-refractivity contribution is 6.30. The molecule has 1 aromatic heterocycles. The average molecular weight is 280 g/mol. The molecule has 2 fully saturated rings. The van der Waals surface area contributed by atoms with Gasteiger partial charge in [-0.05, 0) is 31.4 Å². The van der Waals surface area contributed by atoms with E-state index in [4.69, 9.17) is 11.6 Å². The molecule has 19 heavy (non-hydrogen) atoms. The molecule has 1 amide bonds. The minimum atomic E-state index is -0.186. The predicted molar refractivity (Wildman–Crippen MR) is 75.4 cm³/mol. The van der Waals surface area contributed by atoms with E-state index in [0.717, 1.165) is 44.7 Å². The van der Waals surface area contributed by atoms with Gasteiger partial charge in [0.15, 0.2) is 0 Å². The molecule has 4 nitrogen and oxygen atoms in total. The predicted octanol–water partition coefficient (Wildman–Crippen LogP) is 2.18. The highest BCUT2D eigenvalue weighted by atomic mass is 35.5. The first kappa shape index (κ1) is 12.7.